The molecule has 368 valence electrons. The molecule has 6 unspecified atom stereocenters. The van der Waals surface area contributed by atoms with E-state index in [2.05, 4.69) is 30.2 Å². The topological polar surface area (TPSA) is 178 Å². The van der Waals surface area contributed by atoms with Crippen molar-refractivity contribution in [2.75, 3.05) is 26.4 Å². The molecule has 0 aromatic carbocycles. The van der Waals surface area contributed by atoms with Crippen LogP contribution in [0.2, 0.25) is 0 Å². The van der Waals surface area contributed by atoms with Crippen molar-refractivity contribution in [2.24, 2.45) is 0 Å². The highest BCUT2D eigenvalue weighted by molar-refractivity contribution is 7.80. The fraction of sp³-hybridized carbons (Fsp3) is 0.939. The van der Waals surface area contributed by atoms with Gasteiger partial charge in [-0.25, -0.2) is 4.18 Å². The fourth-order valence-electron chi connectivity index (χ4n) is 8.02. The van der Waals surface area contributed by atoms with Crippen LogP contribution in [0.4, 0.5) is 0 Å². The first-order chi connectivity index (χ1) is 30.1. The smallest absolute Gasteiger partial charge is 0.397 e. The number of allylic oxidation sites excluding steroid dienone is 2. The van der Waals surface area contributed by atoms with E-state index in [0.29, 0.717) is 13.0 Å². The maximum atomic E-state index is 12.9. The minimum Gasteiger partial charge on any atom is -0.457 e. The predicted molar refractivity (Wildman–Crippen MR) is 248 cm³/mol. The summed E-state index contributed by atoms with van der Waals surface area (Å²) < 4.78 is 59.2. The summed E-state index contributed by atoms with van der Waals surface area (Å²) in [5.74, 6) is -0.398. The van der Waals surface area contributed by atoms with Crippen LogP contribution in [-0.2, 0) is 38.3 Å². The third-order valence-electron chi connectivity index (χ3n) is 11.9. The first-order valence-electron chi connectivity index (χ1n) is 25.4. The average Bonchev–Trinajstić information content (AvgIpc) is 3.24. The molecule has 0 radical (unpaired) electrons. The lowest BCUT2D eigenvalue weighted by atomic mass is 9.99. The molecule has 1 fully saturated rings. The Hall–Kier alpha value is -1.16. The molecule has 12 nitrogen and oxygen atoms in total. The van der Waals surface area contributed by atoms with Gasteiger partial charge in [0.05, 0.1) is 19.8 Å². The lowest BCUT2D eigenvalue weighted by molar-refractivity contribution is -0.301. The van der Waals surface area contributed by atoms with Crippen LogP contribution < -0.4 is 0 Å². The molecule has 13 heteroatoms. The molecule has 0 bridgehead atoms. The molecule has 0 aliphatic carbocycles. The highest BCUT2D eigenvalue weighted by Gasteiger charge is 2.48. The third-order valence-corrected chi connectivity index (χ3v) is 12.4. The minimum absolute atomic E-state index is 0.0404. The summed E-state index contributed by atoms with van der Waals surface area (Å²) in [5.41, 5.74) is 0. The number of carbonyl (C=O) groups excluding carboxylic acids is 1. The number of unbranched alkanes of at least 4 members (excludes halogenated alkanes) is 30. The van der Waals surface area contributed by atoms with Crippen LogP contribution >= 0.6 is 0 Å². The molecular formula is C49H94O12S. The maximum Gasteiger partial charge on any atom is 0.397 e. The molecule has 4 N–H and O–H groups in total. The van der Waals surface area contributed by atoms with Crippen LogP contribution in [0.5, 0.6) is 0 Å². The van der Waals surface area contributed by atoms with E-state index in [1.165, 1.54) is 161 Å². The van der Waals surface area contributed by atoms with E-state index in [0.717, 1.165) is 44.9 Å². The quantitative estimate of drug-likeness (QED) is 0.0197. The van der Waals surface area contributed by atoms with Crippen molar-refractivity contribution in [3.05, 3.63) is 12.2 Å². The van der Waals surface area contributed by atoms with Gasteiger partial charge < -0.3 is 34.3 Å². The summed E-state index contributed by atoms with van der Waals surface area (Å²) >= 11 is 0. The number of hydrogen-bond donors (Lipinski definition) is 4. The van der Waals surface area contributed by atoms with Crippen molar-refractivity contribution in [3.8, 4) is 0 Å². The number of aliphatic hydroxyl groups excluding tert-OH is 3. The predicted octanol–water partition coefficient (Wildman–Crippen LogP) is 11.4. The number of esters is 1. The van der Waals surface area contributed by atoms with Crippen molar-refractivity contribution in [1.29, 1.82) is 0 Å². The van der Waals surface area contributed by atoms with E-state index in [4.69, 9.17) is 18.9 Å². The molecule has 1 aliphatic heterocycles. The largest absolute Gasteiger partial charge is 0.457 e. The van der Waals surface area contributed by atoms with Gasteiger partial charge in [-0.3, -0.25) is 9.35 Å². The molecule has 0 aromatic heterocycles. The van der Waals surface area contributed by atoms with Gasteiger partial charge in [0.2, 0.25) is 0 Å². The normalized spacial score (nSPS) is 20.0. The number of ether oxygens (including phenoxy) is 4. The SMILES string of the molecule is CCCCCCCCC/C=C\CCCCCCCCCC(=O)OC(COCCCCCCCCCCCCCCCCCCC)COC1OC(CO)C(O)C(OS(=O)(=O)O)C1O. The molecule has 0 spiro atoms. The second-order valence-corrected chi connectivity index (χ2v) is 18.8. The Morgan fingerprint density at radius 3 is 1.45 bits per heavy atom. The second-order valence-electron chi connectivity index (χ2n) is 17.8. The minimum atomic E-state index is -5.06. The van der Waals surface area contributed by atoms with Gasteiger partial charge in [-0.15, -0.1) is 0 Å². The Kier molecular flexibility index (Phi) is 39.2. The lowest BCUT2D eigenvalue weighted by Crippen LogP contribution is -2.60. The molecule has 1 rings (SSSR count). The van der Waals surface area contributed by atoms with E-state index in [1.807, 2.05) is 0 Å². The van der Waals surface area contributed by atoms with Gasteiger partial charge in [-0.1, -0.05) is 199 Å². The van der Waals surface area contributed by atoms with Crippen LogP contribution in [-0.4, -0.2) is 97.5 Å². The zero-order chi connectivity index (χ0) is 45.4. The van der Waals surface area contributed by atoms with E-state index >= 15 is 0 Å². The van der Waals surface area contributed by atoms with Crippen LogP contribution in [0.3, 0.4) is 0 Å². The summed E-state index contributed by atoms with van der Waals surface area (Å²) in [4.78, 5) is 12.9. The molecule has 1 saturated heterocycles. The highest BCUT2D eigenvalue weighted by atomic mass is 32.3. The summed E-state index contributed by atoms with van der Waals surface area (Å²) in [6.45, 7) is 4.03. The molecular weight excluding hydrogens is 813 g/mol. The van der Waals surface area contributed by atoms with Crippen molar-refractivity contribution < 1.29 is 56.2 Å². The van der Waals surface area contributed by atoms with Crippen LogP contribution in [0, 0.1) is 0 Å². The molecule has 1 aliphatic rings. The average molecular weight is 907 g/mol. The van der Waals surface area contributed by atoms with Crippen LogP contribution in [0.1, 0.15) is 232 Å². The lowest BCUT2D eigenvalue weighted by Gasteiger charge is -2.41. The van der Waals surface area contributed by atoms with Crippen molar-refractivity contribution in [2.45, 2.75) is 269 Å². The molecule has 0 saturated carbocycles. The van der Waals surface area contributed by atoms with E-state index < -0.39 is 59.8 Å². The summed E-state index contributed by atoms with van der Waals surface area (Å²) in [7, 11) is -5.06. The number of hydrogen-bond acceptors (Lipinski definition) is 11. The first kappa shape index (κ1) is 58.9. The monoisotopic (exact) mass is 907 g/mol. The van der Waals surface area contributed by atoms with Crippen molar-refractivity contribution in [1.82, 2.24) is 0 Å². The van der Waals surface area contributed by atoms with E-state index in [1.54, 1.807) is 0 Å². The Labute approximate surface area is 379 Å². The standard InChI is InChI=1S/C49H94O12S/c1-3-5-7-9-11-13-15-17-19-21-22-24-26-28-30-32-34-36-38-45(51)59-43(42-58-49-47(53)48(61-62(54,55)56)46(52)44(40-50)60-49)41-57-39-37-35-33-31-29-27-25-23-20-18-16-14-12-10-8-6-4-2/h19,21,43-44,46-50,52-53H,3-18,20,22-42H2,1-2H3,(H,54,55,56)/b21-19-. The van der Waals surface area contributed by atoms with E-state index in [-0.39, 0.29) is 19.6 Å². The molecule has 0 aromatic rings. The van der Waals surface area contributed by atoms with Gasteiger partial charge in [0, 0.05) is 13.0 Å². The van der Waals surface area contributed by atoms with Gasteiger partial charge in [0.15, 0.2) is 6.29 Å². The van der Waals surface area contributed by atoms with Crippen molar-refractivity contribution in [3.63, 3.8) is 0 Å². The Morgan fingerprint density at radius 1 is 0.597 bits per heavy atom. The highest BCUT2D eigenvalue weighted by Crippen LogP contribution is 2.26. The second kappa shape index (κ2) is 41.3. The number of aliphatic hydroxyl groups is 3. The number of rotatable bonds is 45. The fourth-order valence-corrected chi connectivity index (χ4v) is 8.53. The summed E-state index contributed by atoms with van der Waals surface area (Å²) in [6, 6.07) is 0. The van der Waals surface area contributed by atoms with Gasteiger partial charge in [-0.2, -0.15) is 8.42 Å². The maximum absolute atomic E-state index is 12.9. The molecule has 6 atom stereocenters. The Bertz CT molecular complexity index is 1140. The molecule has 1 heterocycles. The van der Waals surface area contributed by atoms with Gasteiger partial charge in [0.1, 0.15) is 30.5 Å². The third kappa shape index (κ3) is 34.2. The Balaban J connectivity index is 2.36. The van der Waals surface area contributed by atoms with Crippen molar-refractivity contribution >= 4 is 16.4 Å². The zero-order valence-electron chi connectivity index (χ0n) is 39.5. The molecule has 62 heavy (non-hydrogen) atoms. The first-order valence-corrected chi connectivity index (χ1v) is 26.8. The molecule has 0 amide bonds. The van der Waals surface area contributed by atoms with Crippen LogP contribution in [0.25, 0.3) is 0 Å². The summed E-state index contributed by atoms with van der Waals surface area (Å²) in [6.07, 6.45) is 36.7. The van der Waals surface area contributed by atoms with Gasteiger partial charge in [0.25, 0.3) is 0 Å². The van der Waals surface area contributed by atoms with Gasteiger partial charge >= 0.3 is 16.4 Å². The Morgan fingerprint density at radius 2 is 1.02 bits per heavy atom. The summed E-state index contributed by atoms with van der Waals surface area (Å²) in [5, 5.41) is 30.7. The van der Waals surface area contributed by atoms with E-state index in [9.17, 15) is 33.1 Å². The number of carbonyl (C=O) groups is 1. The van der Waals surface area contributed by atoms with Crippen LogP contribution in [0.15, 0.2) is 12.2 Å². The van der Waals surface area contributed by atoms with Gasteiger partial charge in [-0.05, 0) is 38.5 Å². The zero-order valence-corrected chi connectivity index (χ0v) is 40.3.